The number of Topliss-reactive ketones (excluding diaryl/α,β-unsaturated/α-hetero) is 2. The van der Waals surface area contributed by atoms with Gasteiger partial charge in [-0.15, -0.1) is 0 Å². The lowest BCUT2D eigenvalue weighted by Gasteiger charge is -2.28. The van der Waals surface area contributed by atoms with Crippen LogP contribution in [-0.4, -0.2) is 26.4 Å². The topological polar surface area (TPSA) is 42.1 Å². The maximum Gasteiger partial charge on any atom is 0.416 e. The summed E-state index contributed by atoms with van der Waals surface area (Å²) in [6.45, 7) is 7.52. The summed E-state index contributed by atoms with van der Waals surface area (Å²) in [6.07, 6.45) is -7.09. The Hall–Kier alpha value is -4.21. The van der Waals surface area contributed by atoms with Gasteiger partial charge in [-0.3, -0.25) is 9.59 Å². The number of halogens is 6. The van der Waals surface area contributed by atoms with Gasteiger partial charge in [0.05, 0.1) is 11.1 Å². The molecular weight excluding hydrogens is 558 g/mol. The standard InChI is InChI=1S/C32H27F6N2O2/c1-17-13-19(3)39(15-21-5-9-23(10-6-21)31(33,34)35)27(17)25-29(41)26(30(25)42)28-18(2)14-20(4)40(28)16-22-7-11-24(12-8-22)32(36,37)38/h5-14,25H,15-16H2,1-4H3/q+1. The molecular formula is C32H27F6N2O2+. The minimum Gasteiger partial charge on any atom is -0.343 e. The van der Waals surface area contributed by atoms with Crippen molar-refractivity contribution in [1.29, 1.82) is 0 Å². The normalized spacial score (nSPS) is 17.8. The highest BCUT2D eigenvalue weighted by atomic mass is 19.4. The first-order valence-corrected chi connectivity index (χ1v) is 13.2. The molecule has 0 radical (unpaired) electrons. The van der Waals surface area contributed by atoms with Crippen molar-refractivity contribution in [2.75, 3.05) is 0 Å². The second-order valence-electron chi connectivity index (χ2n) is 10.8. The summed E-state index contributed by atoms with van der Waals surface area (Å²) in [5.41, 5.74) is 3.54. The Balaban J connectivity index is 1.45. The van der Waals surface area contributed by atoms with E-state index in [1.165, 1.54) is 24.3 Å². The van der Waals surface area contributed by atoms with Crippen LogP contribution in [-0.2, 0) is 35.0 Å². The van der Waals surface area contributed by atoms with E-state index in [0.717, 1.165) is 41.2 Å². The zero-order chi connectivity index (χ0) is 30.7. The minimum atomic E-state index is -4.46. The van der Waals surface area contributed by atoms with Crippen LogP contribution in [0, 0.1) is 13.8 Å². The van der Waals surface area contributed by atoms with Crippen LogP contribution < -0.4 is 0 Å². The summed E-state index contributed by atoms with van der Waals surface area (Å²) >= 11 is 0. The first-order valence-electron chi connectivity index (χ1n) is 13.2. The van der Waals surface area contributed by atoms with E-state index < -0.39 is 29.4 Å². The van der Waals surface area contributed by atoms with Gasteiger partial charge in [-0.1, -0.05) is 24.3 Å². The highest BCUT2D eigenvalue weighted by Crippen LogP contribution is 2.41. The van der Waals surface area contributed by atoms with Crippen molar-refractivity contribution in [3.05, 3.63) is 117 Å². The van der Waals surface area contributed by atoms with E-state index in [1.807, 2.05) is 19.1 Å². The second-order valence-corrected chi connectivity index (χ2v) is 10.8. The zero-order valence-corrected chi connectivity index (χ0v) is 23.2. The molecule has 0 amide bonds. The van der Waals surface area contributed by atoms with E-state index in [0.29, 0.717) is 28.1 Å². The molecule has 218 valence electrons. The molecule has 1 saturated carbocycles. The molecule has 0 atom stereocenters. The third kappa shape index (κ3) is 5.14. The van der Waals surface area contributed by atoms with Crippen LogP contribution in [0.5, 0.6) is 0 Å². The number of nitrogens with zero attached hydrogens (tertiary/aromatic N) is 2. The fourth-order valence-electron chi connectivity index (χ4n) is 5.74. The first kappa shape index (κ1) is 29.3. The Morgan fingerprint density at radius 1 is 0.762 bits per heavy atom. The average Bonchev–Trinajstić information content (AvgIpc) is 3.32. The first-order chi connectivity index (χ1) is 19.6. The minimum absolute atomic E-state index is 0.0387. The van der Waals surface area contributed by atoms with Crippen molar-refractivity contribution in [3.8, 4) is 0 Å². The number of hydrogen-bond acceptors (Lipinski definition) is 2. The number of carbonyl (C=O) groups is 2. The van der Waals surface area contributed by atoms with Crippen LogP contribution in [0.25, 0.3) is 0 Å². The Kier molecular flexibility index (Phi) is 7.15. The van der Waals surface area contributed by atoms with E-state index in [-0.39, 0.29) is 30.2 Å². The second kappa shape index (κ2) is 10.3. The molecule has 2 aromatic carbocycles. The van der Waals surface area contributed by atoms with Gasteiger partial charge in [0, 0.05) is 42.1 Å². The van der Waals surface area contributed by atoms with Gasteiger partial charge in [0.15, 0.2) is 23.8 Å². The number of aromatic nitrogens is 1. The van der Waals surface area contributed by atoms with Gasteiger partial charge in [0.1, 0.15) is 11.5 Å². The summed E-state index contributed by atoms with van der Waals surface area (Å²) in [5, 5.41) is 0. The van der Waals surface area contributed by atoms with E-state index in [9.17, 15) is 35.9 Å². The van der Waals surface area contributed by atoms with Gasteiger partial charge in [-0.25, -0.2) is 0 Å². The summed E-state index contributed by atoms with van der Waals surface area (Å²) in [7, 11) is 0. The number of hydrogen-bond donors (Lipinski definition) is 0. The number of rotatable bonds is 5. The van der Waals surface area contributed by atoms with Crippen molar-refractivity contribution in [3.63, 3.8) is 0 Å². The Labute approximate surface area is 238 Å². The van der Waals surface area contributed by atoms with E-state index in [4.69, 9.17) is 0 Å². The predicted octanol–water partition coefficient (Wildman–Crippen LogP) is 7.31. The number of alkyl halides is 6. The zero-order valence-electron chi connectivity index (χ0n) is 23.2. The Morgan fingerprint density at radius 2 is 1.26 bits per heavy atom. The van der Waals surface area contributed by atoms with Crippen LogP contribution in [0.2, 0.25) is 0 Å². The molecule has 10 heteroatoms. The quantitative estimate of drug-likeness (QED) is 0.104. The van der Waals surface area contributed by atoms with Gasteiger partial charge < -0.3 is 4.57 Å². The third-order valence-electron chi connectivity index (χ3n) is 7.81. The van der Waals surface area contributed by atoms with Crippen LogP contribution in [0.4, 0.5) is 26.3 Å². The molecule has 0 bridgehead atoms. The predicted molar refractivity (Wildman–Crippen MR) is 144 cm³/mol. The average molecular weight is 586 g/mol. The SMILES string of the molecule is CC1=CC(C)=[N+](Cc2ccc(C(F)(F)F)cc2)C1=C1C(=O)C(c2c(C)cc(C)n2Cc2ccc(C(F)(F)F)cc2)C1=O. The Morgan fingerprint density at radius 3 is 1.76 bits per heavy atom. The Bertz CT molecular complexity index is 1680. The van der Waals surface area contributed by atoms with Crippen LogP contribution in [0.3, 0.4) is 0 Å². The fourth-order valence-corrected chi connectivity index (χ4v) is 5.74. The number of ketones is 2. The molecule has 0 unspecified atom stereocenters. The molecule has 1 fully saturated rings. The molecule has 1 aromatic heterocycles. The highest BCUT2D eigenvalue weighted by Gasteiger charge is 2.52. The van der Waals surface area contributed by atoms with Crippen LogP contribution in [0.1, 0.15) is 59.0 Å². The van der Waals surface area contributed by atoms with Gasteiger partial charge >= 0.3 is 12.4 Å². The lowest BCUT2D eigenvalue weighted by molar-refractivity contribution is -0.487. The lowest BCUT2D eigenvalue weighted by atomic mass is 9.72. The highest BCUT2D eigenvalue weighted by molar-refractivity contribution is 6.42. The van der Waals surface area contributed by atoms with Crippen molar-refractivity contribution >= 4 is 17.3 Å². The van der Waals surface area contributed by atoms with Crippen molar-refractivity contribution in [2.45, 2.75) is 59.1 Å². The number of carbonyl (C=O) groups excluding carboxylic acids is 2. The molecule has 1 aliphatic carbocycles. The van der Waals surface area contributed by atoms with Crippen molar-refractivity contribution in [1.82, 2.24) is 4.57 Å². The largest absolute Gasteiger partial charge is 0.416 e. The lowest BCUT2D eigenvalue weighted by Crippen LogP contribution is -2.42. The summed E-state index contributed by atoms with van der Waals surface area (Å²) in [4.78, 5) is 27.4. The van der Waals surface area contributed by atoms with E-state index in [2.05, 4.69) is 0 Å². The molecule has 3 aromatic rings. The van der Waals surface area contributed by atoms with E-state index in [1.54, 1.807) is 29.9 Å². The molecule has 0 saturated heterocycles. The smallest absolute Gasteiger partial charge is 0.343 e. The van der Waals surface area contributed by atoms with Crippen molar-refractivity contribution in [2.24, 2.45) is 0 Å². The number of allylic oxidation sites excluding steroid dienone is 3. The maximum atomic E-state index is 13.7. The molecule has 1 aliphatic heterocycles. The molecule has 0 spiro atoms. The van der Waals surface area contributed by atoms with Crippen LogP contribution in [0.15, 0.2) is 77.5 Å². The maximum absolute atomic E-state index is 13.7. The summed E-state index contributed by atoms with van der Waals surface area (Å²) in [6, 6.07) is 11.3. The van der Waals surface area contributed by atoms with Gasteiger partial charge in [0.2, 0.25) is 5.70 Å². The molecule has 42 heavy (non-hydrogen) atoms. The van der Waals surface area contributed by atoms with Gasteiger partial charge in [0.25, 0.3) is 0 Å². The number of benzene rings is 2. The fraction of sp³-hybridized carbons (Fsp3) is 0.281. The van der Waals surface area contributed by atoms with E-state index >= 15 is 0 Å². The summed E-state index contributed by atoms with van der Waals surface area (Å²) in [5.74, 6) is -1.80. The molecule has 2 aliphatic rings. The number of aryl methyl sites for hydroxylation is 2. The molecule has 4 nitrogen and oxygen atoms in total. The molecule has 0 N–H and O–H groups in total. The monoisotopic (exact) mass is 585 g/mol. The van der Waals surface area contributed by atoms with Gasteiger partial charge in [-0.05, 0) is 62.2 Å². The van der Waals surface area contributed by atoms with Crippen LogP contribution >= 0.6 is 0 Å². The van der Waals surface area contributed by atoms with Gasteiger partial charge in [-0.2, -0.15) is 30.9 Å². The molecule has 2 heterocycles. The summed E-state index contributed by atoms with van der Waals surface area (Å²) < 4.78 is 81.6. The van der Waals surface area contributed by atoms with Crippen molar-refractivity contribution < 1.29 is 40.5 Å². The third-order valence-corrected chi connectivity index (χ3v) is 7.81. The molecule has 5 rings (SSSR count).